The second kappa shape index (κ2) is 4.33. The molecule has 0 spiro atoms. The van der Waals surface area contributed by atoms with E-state index in [1.165, 1.54) is 0 Å². The third-order valence-corrected chi connectivity index (χ3v) is 3.09. The first-order valence-corrected chi connectivity index (χ1v) is 5.71. The lowest BCUT2D eigenvalue weighted by Gasteiger charge is -2.30. The fraction of sp³-hybridized carbons (Fsp3) is 0.364. The number of halogens is 1. The lowest BCUT2D eigenvalue weighted by atomic mass is 10.0. The predicted octanol–water partition coefficient (Wildman–Crippen LogP) is 1.55. The van der Waals surface area contributed by atoms with Crippen LogP contribution in [0.25, 0.3) is 0 Å². The Morgan fingerprint density at radius 1 is 1.53 bits per heavy atom. The van der Waals surface area contributed by atoms with Crippen molar-refractivity contribution in [1.29, 1.82) is 0 Å². The Bertz CT molecular complexity index is 381. The third kappa shape index (κ3) is 2.21. The summed E-state index contributed by atoms with van der Waals surface area (Å²) in [7, 11) is 1.84. The number of benzene rings is 1. The minimum Gasteiger partial charge on any atom is -0.343 e. The Kier molecular flexibility index (Phi) is 3.07. The van der Waals surface area contributed by atoms with Crippen molar-refractivity contribution in [2.45, 2.75) is 6.04 Å². The van der Waals surface area contributed by atoms with Crippen molar-refractivity contribution in [3.63, 3.8) is 0 Å². The van der Waals surface area contributed by atoms with E-state index >= 15 is 0 Å². The molecule has 1 aliphatic rings. The van der Waals surface area contributed by atoms with Gasteiger partial charge in [0, 0.05) is 24.6 Å². The van der Waals surface area contributed by atoms with Crippen molar-refractivity contribution in [1.82, 2.24) is 10.2 Å². The molecule has 1 amide bonds. The van der Waals surface area contributed by atoms with Crippen LogP contribution in [0.1, 0.15) is 11.6 Å². The second-order valence-corrected chi connectivity index (χ2v) is 4.62. The molecule has 0 radical (unpaired) electrons. The van der Waals surface area contributed by atoms with Gasteiger partial charge in [0.2, 0.25) is 5.91 Å². The standard InChI is InChI=1S/C11H13BrN2O/c1-14-6-5-13-10(11(14)15)8-3-2-4-9(12)7-8/h2-4,7,10,13H,5-6H2,1H3. The van der Waals surface area contributed by atoms with E-state index in [2.05, 4.69) is 21.2 Å². The highest BCUT2D eigenvalue weighted by atomic mass is 79.9. The van der Waals surface area contributed by atoms with Crippen molar-refractivity contribution in [3.8, 4) is 0 Å². The molecule has 0 bridgehead atoms. The van der Waals surface area contributed by atoms with E-state index in [0.29, 0.717) is 0 Å². The molecule has 1 saturated heterocycles. The van der Waals surface area contributed by atoms with Crippen molar-refractivity contribution in [2.24, 2.45) is 0 Å². The van der Waals surface area contributed by atoms with Crippen LogP contribution >= 0.6 is 15.9 Å². The lowest BCUT2D eigenvalue weighted by Crippen LogP contribution is -2.48. The van der Waals surface area contributed by atoms with Crippen LogP contribution in [0.15, 0.2) is 28.7 Å². The fourth-order valence-electron chi connectivity index (χ4n) is 1.74. The van der Waals surface area contributed by atoms with E-state index in [4.69, 9.17) is 0 Å². The molecular formula is C11H13BrN2O. The molecule has 1 atom stereocenters. The first kappa shape index (κ1) is 10.6. The van der Waals surface area contributed by atoms with Gasteiger partial charge in [0.25, 0.3) is 0 Å². The monoisotopic (exact) mass is 268 g/mol. The van der Waals surface area contributed by atoms with E-state index in [-0.39, 0.29) is 11.9 Å². The van der Waals surface area contributed by atoms with Crippen LogP contribution < -0.4 is 5.32 Å². The number of nitrogens with zero attached hydrogens (tertiary/aromatic N) is 1. The van der Waals surface area contributed by atoms with Gasteiger partial charge in [0.1, 0.15) is 6.04 Å². The number of hydrogen-bond acceptors (Lipinski definition) is 2. The molecule has 15 heavy (non-hydrogen) atoms. The van der Waals surface area contributed by atoms with Gasteiger partial charge in [-0.2, -0.15) is 0 Å². The van der Waals surface area contributed by atoms with Crippen molar-refractivity contribution in [3.05, 3.63) is 34.3 Å². The molecule has 1 N–H and O–H groups in total. The maximum Gasteiger partial charge on any atom is 0.244 e. The van der Waals surface area contributed by atoms with E-state index in [1.54, 1.807) is 4.90 Å². The Morgan fingerprint density at radius 2 is 2.33 bits per heavy atom. The first-order valence-electron chi connectivity index (χ1n) is 4.92. The van der Waals surface area contributed by atoms with Gasteiger partial charge >= 0.3 is 0 Å². The summed E-state index contributed by atoms with van der Waals surface area (Å²) >= 11 is 3.41. The number of piperazine rings is 1. The zero-order chi connectivity index (χ0) is 10.8. The molecule has 1 fully saturated rings. The van der Waals surface area contributed by atoms with Crippen molar-refractivity contribution < 1.29 is 4.79 Å². The van der Waals surface area contributed by atoms with Gasteiger partial charge in [-0.3, -0.25) is 4.79 Å². The molecular weight excluding hydrogens is 256 g/mol. The van der Waals surface area contributed by atoms with Crippen LogP contribution in [0.5, 0.6) is 0 Å². The zero-order valence-corrected chi connectivity index (χ0v) is 10.1. The van der Waals surface area contributed by atoms with E-state index in [9.17, 15) is 4.79 Å². The summed E-state index contributed by atoms with van der Waals surface area (Å²) < 4.78 is 1.00. The molecule has 1 heterocycles. The Balaban J connectivity index is 2.26. The Morgan fingerprint density at radius 3 is 3.07 bits per heavy atom. The maximum absolute atomic E-state index is 11.9. The van der Waals surface area contributed by atoms with Crippen LogP contribution in [-0.4, -0.2) is 30.9 Å². The number of hydrogen-bond donors (Lipinski definition) is 1. The average molecular weight is 269 g/mol. The first-order chi connectivity index (χ1) is 7.18. The molecule has 1 aliphatic heterocycles. The molecule has 1 unspecified atom stereocenters. The average Bonchev–Trinajstić information content (AvgIpc) is 2.22. The maximum atomic E-state index is 11.9. The van der Waals surface area contributed by atoms with Gasteiger partial charge in [0.05, 0.1) is 0 Å². The van der Waals surface area contributed by atoms with Crippen molar-refractivity contribution >= 4 is 21.8 Å². The van der Waals surface area contributed by atoms with E-state index in [0.717, 1.165) is 23.1 Å². The van der Waals surface area contributed by atoms with Crippen molar-refractivity contribution in [2.75, 3.05) is 20.1 Å². The number of nitrogens with one attached hydrogen (secondary N) is 1. The van der Waals surface area contributed by atoms with Gasteiger partial charge in [0.15, 0.2) is 0 Å². The van der Waals surface area contributed by atoms with Crippen LogP contribution in [0.4, 0.5) is 0 Å². The summed E-state index contributed by atoms with van der Waals surface area (Å²) in [6.07, 6.45) is 0. The number of carbonyl (C=O) groups is 1. The summed E-state index contributed by atoms with van der Waals surface area (Å²) in [6, 6.07) is 7.67. The summed E-state index contributed by atoms with van der Waals surface area (Å²) in [5.41, 5.74) is 1.01. The molecule has 80 valence electrons. The summed E-state index contributed by atoms with van der Waals surface area (Å²) in [4.78, 5) is 13.7. The molecule has 1 aromatic carbocycles. The molecule has 4 heteroatoms. The minimum absolute atomic E-state index is 0.138. The van der Waals surface area contributed by atoms with Crippen LogP contribution in [0, 0.1) is 0 Å². The predicted molar refractivity (Wildman–Crippen MR) is 62.5 cm³/mol. The number of carbonyl (C=O) groups excluding carboxylic acids is 1. The molecule has 0 aromatic heterocycles. The van der Waals surface area contributed by atoms with Gasteiger partial charge in [-0.1, -0.05) is 28.1 Å². The molecule has 0 aliphatic carbocycles. The summed E-state index contributed by atoms with van der Waals surface area (Å²) in [6.45, 7) is 1.63. The number of rotatable bonds is 1. The lowest BCUT2D eigenvalue weighted by molar-refractivity contribution is -0.134. The number of amides is 1. The summed E-state index contributed by atoms with van der Waals surface area (Å²) in [5.74, 6) is 0.138. The molecule has 2 rings (SSSR count). The van der Waals surface area contributed by atoms with Gasteiger partial charge in [-0.15, -0.1) is 0 Å². The largest absolute Gasteiger partial charge is 0.343 e. The molecule has 1 aromatic rings. The molecule has 0 saturated carbocycles. The van der Waals surface area contributed by atoms with Gasteiger partial charge in [-0.05, 0) is 17.7 Å². The Hall–Kier alpha value is -0.870. The SMILES string of the molecule is CN1CCNC(c2cccc(Br)c2)C1=O. The highest BCUT2D eigenvalue weighted by Crippen LogP contribution is 2.21. The third-order valence-electron chi connectivity index (χ3n) is 2.60. The molecule has 3 nitrogen and oxygen atoms in total. The van der Waals surface area contributed by atoms with Gasteiger partial charge in [-0.25, -0.2) is 0 Å². The normalized spacial score (nSPS) is 21.9. The van der Waals surface area contributed by atoms with E-state index < -0.39 is 0 Å². The topological polar surface area (TPSA) is 32.3 Å². The van der Waals surface area contributed by atoms with E-state index in [1.807, 2.05) is 31.3 Å². The van der Waals surface area contributed by atoms with Crippen LogP contribution in [0.2, 0.25) is 0 Å². The van der Waals surface area contributed by atoms with Gasteiger partial charge < -0.3 is 10.2 Å². The van der Waals surface area contributed by atoms with Crippen LogP contribution in [-0.2, 0) is 4.79 Å². The number of likely N-dealkylation sites (N-methyl/N-ethyl adjacent to an activating group) is 1. The highest BCUT2D eigenvalue weighted by molar-refractivity contribution is 9.10. The summed E-state index contributed by atoms with van der Waals surface area (Å²) in [5, 5.41) is 3.23. The second-order valence-electron chi connectivity index (χ2n) is 3.70. The quantitative estimate of drug-likeness (QED) is 0.839. The fourth-order valence-corrected chi connectivity index (χ4v) is 2.16. The highest BCUT2D eigenvalue weighted by Gasteiger charge is 2.26. The minimum atomic E-state index is -0.193. The van der Waals surface area contributed by atoms with Crippen LogP contribution in [0.3, 0.4) is 0 Å². The smallest absolute Gasteiger partial charge is 0.244 e. The Labute approximate surface area is 97.6 Å². The zero-order valence-electron chi connectivity index (χ0n) is 8.53.